The Kier molecular flexibility index (Phi) is 10.1. The van der Waals surface area contributed by atoms with Crippen LogP contribution in [0.15, 0.2) is 39.0 Å². The Morgan fingerprint density at radius 2 is 1.04 bits per heavy atom. The van der Waals surface area contributed by atoms with E-state index in [2.05, 4.69) is 4.18 Å². The van der Waals surface area contributed by atoms with Gasteiger partial charge in [0.25, 0.3) is 20.9 Å². The zero-order chi connectivity index (χ0) is 35.7. The van der Waals surface area contributed by atoms with Crippen molar-refractivity contribution >= 4 is 74.2 Å². The number of rotatable bonds is 11. The summed E-state index contributed by atoms with van der Waals surface area (Å²) in [5.41, 5.74) is 0. The van der Waals surface area contributed by atoms with Gasteiger partial charge in [0.2, 0.25) is 9.84 Å². The fourth-order valence-corrected chi connectivity index (χ4v) is 8.52. The molecule has 0 aliphatic rings. The van der Waals surface area contributed by atoms with Gasteiger partial charge in [-0.25, -0.2) is 29.8 Å². The summed E-state index contributed by atoms with van der Waals surface area (Å²) in [7, 11) is -26.9. The van der Waals surface area contributed by atoms with Crippen LogP contribution >= 0.6 is 23.2 Å². The van der Waals surface area contributed by atoms with Crippen molar-refractivity contribution in [2.45, 2.75) is 35.7 Å². The maximum atomic E-state index is 14.7. The standard InChI is InChI=1S/C16H6Cl2F10O12S5/c17-7-1-5(3-9(19)11(7)40-41(29)13(21,22)14(23,24)44(34,35)36)42(30,31)6-2-8(18)12(10(20)4-6)43(32,33)15(25,26)16(27,28)45(37,38)39/h1-4H,(H,34,35,36)(H,37,38,39). The van der Waals surface area contributed by atoms with Crippen LogP contribution in [0.25, 0.3) is 0 Å². The lowest BCUT2D eigenvalue weighted by Gasteiger charge is -2.24. The molecule has 0 fully saturated rings. The molecule has 0 aliphatic heterocycles. The Morgan fingerprint density at radius 3 is 1.42 bits per heavy atom. The molecule has 0 aliphatic carbocycles. The minimum absolute atomic E-state index is 0.0250. The summed E-state index contributed by atoms with van der Waals surface area (Å²) in [5, 5.41) is -30.0. The van der Waals surface area contributed by atoms with E-state index in [4.69, 9.17) is 32.3 Å². The molecule has 45 heavy (non-hydrogen) atoms. The van der Waals surface area contributed by atoms with Crippen LogP contribution in [0.2, 0.25) is 10.0 Å². The quantitative estimate of drug-likeness (QED) is 0.244. The Morgan fingerprint density at radius 1 is 0.644 bits per heavy atom. The molecule has 2 rings (SSSR count). The van der Waals surface area contributed by atoms with Crippen molar-refractivity contribution in [2.75, 3.05) is 0 Å². The van der Waals surface area contributed by atoms with Gasteiger partial charge in [-0.05, 0) is 24.3 Å². The summed E-state index contributed by atoms with van der Waals surface area (Å²) in [6.07, 6.45) is 0. The Labute approximate surface area is 255 Å². The van der Waals surface area contributed by atoms with E-state index >= 15 is 0 Å². The van der Waals surface area contributed by atoms with Gasteiger partial charge in [-0.2, -0.15) is 52.0 Å². The van der Waals surface area contributed by atoms with Gasteiger partial charge in [-0.3, -0.25) is 9.11 Å². The average Bonchev–Trinajstić information content (AvgIpc) is 2.83. The highest BCUT2D eigenvalue weighted by Gasteiger charge is 2.74. The summed E-state index contributed by atoms with van der Waals surface area (Å²) < 4.78 is 263. The number of sulfone groups is 2. The van der Waals surface area contributed by atoms with Crippen LogP contribution in [0.3, 0.4) is 0 Å². The molecule has 1 unspecified atom stereocenters. The van der Waals surface area contributed by atoms with Gasteiger partial charge >= 0.3 is 41.3 Å². The zero-order valence-corrected chi connectivity index (χ0v) is 25.5. The van der Waals surface area contributed by atoms with E-state index in [1.165, 1.54) is 0 Å². The van der Waals surface area contributed by atoms with E-state index in [1.54, 1.807) is 0 Å². The number of hydrogen-bond acceptors (Lipinski definition) is 10. The van der Waals surface area contributed by atoms with Gasteiger partial charge in [-0.15, -0.1) is 0 Å². The van der Waals surface area contributed by atoms with E-state index in [0.717, 1.165) is 0 Å². The minimum atomic E-state index is -7.25. The molecule has 29 heteroatoms. The molecule has 2 aromatic carbocycles. The van der Waals surface area contributed by atoms with Crippen molar-refractivity contribution in [3.63, 3.8) is 0 Å². The highest BCUT2D eigenvalue weighted by molar-refractivity contribution is 7.95. The molecule has 2 N–H and O–H groups in total. The highest BCUT2D eigenvalue weighted by Crippen LogP contribution is 2.48. The predicted molar refractivity (Wildman–Crippen MR) is 127 cm³/mol. The first-order valence-corrected chi connectivity index (χ1v) is 17.4. The largest absolute Gasteiger partial charge is 0.448 e. The molecular formula is C16H6Cl2F10O12S5. The van der Waals surface area contributed by atoms with E-state index in [0.29, 0.717) is 0 Å². The zero-order valence-electron chi connectivity index (χ0n) is 19.9. The van der Waals surface area contributed by atoms with Crippen molar-refractivity contribution in [3.05, 3.63) is 45.9 Å². The fourth-order valence-electron chi connectivity index (χ4n) is 2.67. The SMILES string of the molecule is O=S(Oc1c(F)cc(S(=O)(=O)c2cc(F)c(S(=O)(=O)C(F)(F)C(F)(F)S(=O)(=O)O)c(Cl)c2)cc1Cl)C(F)(F)C(F)(F)S(=O)(=O)O. The maximum Gasteiger partial charge on any atom is 0.448 e. The van der Waals surface area contributed by atoms with Gasteiger partial charge in [0.15, 0.2) is 11.6 Å². The first kappa shape index (κ1) is 39.2. The summed E-state index contributed by atoms with van der Waals surface area (Å²) in [5.74, 6) is -6.87. The smallest absolute Gasteiger partial charge is 0.391 e. The third-order valence-corrected chi connectivity index (χ3v) is 12.2. The number of hydrogen-bond donors (Lipinski definition) is 2. The normalized spacial score (nSPS) is 15.2. The van der Waals surface area contributed by atoms with Crippen LogP contribution in [-0.2, 0) is 51.0 Å². The van der Waals surface area contributed by atoms with Gasteiger partial charge in [0.05, 0.1) is 19.8 Å². The van der Waals surface area contributed by atoms with Crippen LogP contribution in [0.5, 0.6) is 5.75 Å². The van der Waals surface area contributed by atoms with Crippen LogP contribution in [0, 0.1) is 11.6 Å². The summed E-state index contributed by atoms with van der Waals surface area (Å²) in [6, 6.07) is -1.08. The average molecular weight is 811 g/mol. The van der Waals surface area contributed by atoms with Gasteiger partial charge in [-0.1, -0.05) is 23.2 Å². The third kappa shape index (κ3) is 6.33. The van der Waals surface area contributed by atoms with Crippen molar-refractivity contribution in [1.82, 2.24) is 0 Å². The molecule has 0 bridgehead atoms. The molecule has 0 amide bonds. The number of halogens is 12. The molecule has 0 saturated heterocycles. The van der Waals surface area contributed by atoms with Crippen molar-refractivity contribution in [2.24, 2.45) is 0 Å². The lowest BCUT2D eigenvalue weighted by molar-refractivity contribution is -0.101. The van der Waals surface area contributed by atoms with E-state index in [1.807, 2.05) is 0 Å². The molecule has 2 aromatic rings. The number of alkyl halides is 8. The lowest BCUT2D eigenvalue weighted by Crippen LogP contribution is -2.52. The predicted octanol–water partition coefficient (Wildman–Crippen LogP) is 4.07. The second-order valence-electron chi connectivity index (χ2n) is 7.77. The first-order chi connectivity index (χ1) is 19.7. The fraction of sp³-hybridized carbons (Fsp3) is 0.250. The molecular weight excluding hydrogens is 805 g/mol. The number of benzene rings is 2. The molecule has 0 spiro atoms. The van der Waals surface area contributed by atoms with Crippen LogP contribution < -0.4 is 4.18 Å². The summed E-state index contributed by atoms with van der Waals surface area (Å²) in [4.78, 5) is -5.78. The molecule has 0 heterocycles. The van der Waals surface area contributed by atoms with Gasteiger partial charge < -0.3 is 4.18 Å². The maximum absolute atomic E-state index is 14.7. The Bertz CT molecular complexity index is 1990. The topological polar surface area (TPSA) is 203 Å². The lowest BCUT2D eigenvalue weighted by atomic mass is 10.3. The Balaban J connectivity index is 2.65. The monoisotopic (exact) mass is 810 g/mol. The minimum Gasteiger partial charge on any atom is -0.391 e. The highest BCUT2D eigenvalue weighted by atomic mass is 35.5. The van der Waals surface area contributed by atoms with E-state index in [-0.39, 0.29) is 18.2 Å². The van der Waals surface area contributed by atoms with E-state index < -0.39 is 120 Å². The van der Waals surface area contributed by atoms with Crippen molar-refractivity contribution < 1.29 is 95.1 Å². The molecule has 0 radical (unpaired) electrons. The van der Waals surface area contributed by atoms with Crippen LogP contribution in [-0.4, -0.2) is 68.0 Å². The van der Waals surface area contributed by atoms with Crippen LogP contribution in [0.4, 0.5) is 43.9 Å². The van der Waals surface area contributed by atoms with Crippen LogP contribution in [0.1, 0.15) is 0 Å². The molecule has 0 saturated carbocycles. The third-order valence-electron chi connectivity index (χ3n) is 4.86. The van der Waals surface area contributed by atoms with E-state index in [9.17, 15) is 81.8 Å². The summed E-state index contributed by atoms with van der Waals surface area (Å²) >= 11 is 5.85. The van der Waals surface area contributed by atoms with Gasteiger partial charge in [0.1, 0.15) is 10.7 Å². The molecule has 0 aromatic heterocycles. The molecule has 12 nitrogen and oxygen atoms in total. The van der Waals surface area contributed by atoms with Gasteiger partial charge in [0, 0.05) is 0 Å². The Hall–Kier alpha value is -2.01. The summed E-state index contributed by atoms with van der Waals surface area (Å²) in [6.45, 7) is 0. The van der Waals surface area contributed by atoms with Crippen molar-refractivity contribution in [3.8, 4) is 5.75 Å². The second-order valence-corrected chi connectivity index (χ2v) is 16.5. The second kappa shape index (κ2) is 11.6. The molecule has 256 valence electrons. The molecule has 1 atom stereocenters. The van der Waals surface area contributed by atoms with Crippen molar-refractivity contribution in [1.29, 1.82) is 0 Å². The first-order valence-electron chi connectivity index (χ1n) is 9.74.